The van der Waals surface area contributed by atoms with Gasteiger partial charge in [-0.25, -0.2) is 4.39 Å². The number of piperazine rings is 1. The van der Waals surface area contributed by atoms with E-state index in [9.17, 15) is 14.0 Å². The highest BCUT2D eigenvalue weighted by molar-refractivity contribution is 5.96. The molecule has 2 aliphatic heterocycles. The molecule has 1 aromatic rings. The first-order valence-corrected chi connectivity index (χ1v) is 8.54. The van der Waals surface area contributed by atoms with Crippen molar-refractivity contribution in [3.63, 3.8) is 0 Å². The van der Waals surface area contributed by atoms with Gasteiger partial charge < -0.3 is 9.80 Å². The predicted molar refractivity (Wildman–Crippen MR) is 88.0 cm³/mol. The third-order valence-corrected chi connectivity index (χ3v) is 5.63. The maximum absolute atomic E-state index is 13.6. The van der Waals surface area contributed by atoms with Crippen molar-refractivity contribution in [3.8, 4) is 0 Å². The van der Waals surface area contributed by atoms with Gasteiger partial charge in [0.05, 0.1) is 12.1 Å². The lowest BCUT2D eigenvalue weighted by molar-refractivity contribution is -0.132. The molecule has 0 aromatic heterocycles. The summed E-state index contributed by atoms with van der Waals surface area (Å²) in [7, 11) is 1.95. The Balaban J connectivity index is 1.57. The molecule has 1 aromatic carbocycles. The van der Waals surface area contributed by atoms with Crippen molar-refractivity contribution in [2.75, 3.05) is 38.1 Å². The molecule has 128 valence electrons. The summed E-state index contributed by atoms with van der Waals surface area (Å²) in [6.07, 6.45) is 2.86. The molecule has 5 nitrogen and oxygen atoms in total. The lowest BCUT2D eigenvalue weighted by Crippen LogP contribution is -2.64. The summed E-state index contributed by atoms with van der Waals surface area (Å²) in [6.45, 7) is 2.19. The highest BCUT2D eigenvalue weighted by Crippen LogP contribution is 2.37. The lowest BCUT2D eigenvalue weighted by Gasteiger charge is -2.46. The van der Waals surface area contributed by atoms with Crippen molar-refractivity contribution in [3.05, 3.63) is 30.1 Å². The molecule has 2 saturated heterocycles. The second kappa shape index (κ2) is 5.55. The first kappa shape index (κ1) is 15.6. The molecule has 3 fully saturated rings. The van der Waals surface area contributed by atoms with Crippen LogP contribution < -0.4 is 4.90 Å². The summed E-state index contributed by atoms with van der Waals surface area (Å²) in [5, 5.41) is 0. The fraction of sp³-hybridized carbons (Fsp3) is 0.556. The van der Waals surface area contributed by atoms with E-state index in [2.05, 4.69) is 4.90 Å². The Bertz CT molecular complexity index is 691. The molecule has 0 radical (unpaired) electrons. The summed E-state index contributed by atoms with van der Waals surface area (Å²) in [5.74, 6) is 0.107. The van der Waals surface area contributed by atoms with Crippen LogP contribution in [0.3, 0.4) is 0 Å². The van der Waals surface area contributed by atoms with E-state index in [0.29, 0.717) is 25.3 Å². The van der Waals surface area contributed by atoms with Crippen molar-refractivity contribution in [1.82, 2.24) is 9.80 Å². The molecule has 0 N–H and O–H groups in total. The maximum Gasteiger partial charge on any atom is 0.241 e. The van der Waals surface area contributed by atoms with Gasteiger partial charge in [0.1, 0.15) is 5.82 Å². The van der Waals surface area contributed by atoms with E-state index in [-0.39, 0.29) is 29.1 Å². The molecule has 1 spiro atoms. The number of likely N-dealkylation sites (tertiary alicyclic amines) is 1. The molecule has 1 aliphatic carbocycles. The van der Waals surface area contributed by atoms with E-state index in [1.807, 2.05) is 11.9 Å². The van der Waals surface area contributed by atoms with Crippen LogP contribution in [-0.2, 0) is 9.59 Å². The zero-order valence-corrected chi connectivity index (χ0v) is 13.9. The molecule has 2 amide bonds. The third-order valence-electron chi connectivity index (χ3n) is 5.63. The van der Waals surface area contributed by atoms with Gasteiger partial charge in [0.25, 0.3) is 0 Å². The maximum atomic E-state index is 13.6. The summed E-state index contributed by atoms with van der Waals surface area (Å²) in [5.41, 5.74) is 0.365. The number of halogens is 1. The first-order chi connectivity index (χ1) is 11.5. The monoisotopic (exact) mass is 331 g/mol. The molecule has 24 heavy (non-hydrogen) atoms. The molecule has 6 heteroatoms. The van der Waals surface area contributed by atoms with Crippen LogP contribution in [0, 0.1) is 11.7 Å². The van der Waals surface area contributed by atoms with Gasteiger partial charge in [-0.2, -0.15) is 0 Å². The standard InChI is InChI=1S/C18H22FN3O2/c1-20-10-16(23)22(15-4-2-3-14(19)9-15)12-18(20)7-8-21(11-18)17(24)13-5-6-13/h2-4,9,13H,5-8,10-12H2,1H3. The van der Waals surface area contributed by atoms with Gasteiger partial charge in [-0.05, 0) is 44.5 Å². The number of anilines is 1. The molecule has 1 atom stereocenters. The van der Waals surface area contributed by atoms with E-state index >= 15 is 0 Å². The molecule has 4 rings (SSSR count). The Kier molecular flexibility index (Phi) is 3.60. The Morgan fingerprint density at radius 3 is 2.79 bits per heavy atom. The minimum absolute atomic E-state index is 0.0271. The number of nitrogens with zero attached hydrogens (tertiary/aromatic N) is 3. The van der Waals surface area contributed by atoms with Crippen LogP contribution in [0.2, 0.25) is 0 Å². The van der Waals surface area contributed by atoms with Crippen LogP contribution in [-0.4, -0.2) is 60.4 Å². The van der Waals surface area contributed by atoms with Gasteiger partial charge >= 0.3 is 0 Å². The minimum atomic E-state index is -0.342. The molecular formula is C18H22FN3O2. The topological polar surface area (TPSA) is 43.9 Å². The Hall–Kier alpha value is -1.95. The number of likely N-dealkylation sites (N-methyl/N-ethyl adjacent to an activating group) is 1. The van der Waals surface area contributed by atoms with E-state index in [4.69, 9.17) is 0 Å². The minimum Gasteiger partial charge on any atom is -0.340 e. The predicted octanol–water partition coefficient (Wildman–Crippen LogP) is 1.49. The Morgan fingerprint density at radius 1 is 1.29 bits per heavy atom. The van der Waals surface area contributed by atoms with Crippen LogP contribution >= 0.6 is 0 Å². The fourth-order valence-electron chi connectivity index (χ4n) is 3.91. The van der Waals surface area contributed by atoms with Crippen molar-refractivity contribution in [2.45, 2.75) is 24.8 Å². The summed E-state index contributed by atoms with van der Waals surface area (Å²) < 4.78 is 13.6. The quantitative estimate of drug-likeness (QED) is 0.825. The summed E-state index contributed by atoms with van der Waals surface area (Å²) >= 11 is 0. The van der Waals surface area contributed by atoms with Crippen LogP contribution in [0.15, 0.2) is 24.3 Å². The van der Waals surface area contributed by atoms with Gasteiger partial charge in [-0.3, -0.25) is 14.5 Å². The molecule has 2 heterocycles. The summed E-state index contributed by atoms with van der Waals surface area (Å²) in [6, 6.07) is 6.17. The molecule has 1 unspecified atom stereocenters. The molecule has 0 bridgehead atoms. The highest BCUT2D eigenvalue weighted by Gasteiger charge is 2.50. The van der Waals surface area contributed by atoms with Gasteiger partial charge in [-0.1, -0.05) is 6.07 Å². The average Bonchev–Trinajstić information content (AvgIpc) is 3.31. The number of benzene rings is 1. The van der Waals surface area contributed by atoms with E-state index < -0.39 is 0 Å². The van der Waals surface area contributed by atoms with Crippen molar-refractivity contribution < 1.29 is 14.0 Å². The number of amides is 2. The number of rotatable bonds is 2. The van der Waals surface area contributed by atoms with Crippen molar-refractivity contribution >= 4 is 17.5 Å². The number of carbonyl (C=O) groups excluding carboxylic acids is 2. The fourth-order valence-corrected chi connectivity index (χ4v) is 3.91. The first-order valence-electron chi connectivity index (χ1n) is 8.54. The summed E-state index contributed by atoms with van der Waals surface area (Å²) in [4.78, 5) is 30.6. The number of hydrogen-bond donors (Lipinski definition) is 0. The van der Waals surface area contributed by atoms with Gasteiger partial charge in [0.15, 0.2) is 0 Å². The zero-order valence-electron chi connectivity index (χ0n) is 13.9. The Labute approximate surface area is 141 Å². The second-order valence-corrected chi connectivity index (χ2v) is 7.32. The normalized spacial score (nSPS) is 28.0. The van der Waals surface area contributed by atoms with Crippen LogP contribution in [0.5, 0.6) is 0 Å². The van der Waals surface area contributed by atoms with E-state index in [1.165, 1.54) is 12.1 Å². The van der Waals surface area contributed by atoms with Crippen molar-refractivity contribution in [1.29, 1.82) is 0 Å². The molecular weight excluding hydrogens is 309 g/mol. The largest absolute Gasteiger partial charge is 0.340 e. The number of carbonyl (C=O) groups is 2. The van der Waals surface area contributed by atoms with Crippen LogP contribution in [0.4, 0.5) is 10.1 Å². The third kappa shape index (κ3) is 2.59. The molecule has 1 saturated carbocycles. The number of hydrogen-bond acceptors (Lipinski definition) is 3. The molecule has 3 aliphatic rings. The van der Waals surface area contributed by atoms with E-state index in [1.54, 1.807) is 17.0 Å². The van der Waals surface area contributed by atoms with Gasteiger partial charge in [0, 0.05) is 31.2 Å². The highest BCUT2D eigenvalue weighted by atomic mass is 19.1. The van der Waals surface area contributed by atoms with E-state index in [0.717, 1.165) is 25.8 Å². The SMILES string of the molecule is CN1CC(=O)N(c2cccc(F)c2)CC12CCN(C(=O)C1CC1)C2. The smallest absolute Gasteiger partial charge is 0.241 e. The van der Waals surface area contributed by atoms with Gasteiger partial charge in [0.2, 0.25) is 11.8 Å². The van der Waals surface area contributed by atoms with Crippen LogP contribution in [0.25, 0.3) is 0 Å². The Morgan fingerprint density at radius 2 is 2.08 bits per heavy atom. The van der Waals surface area contributed by atoms with Crippen molar-refractivity contribution in [2.24, 2.45) is 5.92 Å². The van der Waals surface area contributed by atoms with Gasteiger partial charge in [-0.15, -0.1) is 0 Å². The second-order valence-electron chi connectivity index (χ2n) is 7.32. The lowest BCUT2D eigenvalue weighted by atomic mass is 9.92. The zero-order chi connectivity index (χ0) is 16.9. The van der Waals surface area contributed by atoms with Crippen LogP contribution in [0.1, 0.15) is 19.3 Å². The average molecular weight is 331 g/mol.